The van der Waals surface area contributed by atoms with Crippen LogP contribution in [0, 0.1) is 11.3 Å². The van der Waals surface area contributed by atoms with Crippen LogP contribution in [0.2, 0.25) is 0 Å². The number of nitrogens with one attached hydrogen (secondary N) is 2. The smallest absolute Gasteiger partial charge is 0.179 e. The highest BCUT2D eigenvalue weighted by atomic mass is 15.3. The van der Waals surface area contributed by atoms with Crippen molar-refractivity contribution >= 4 is 22.6 Å². The molecule has 2 N–H and O–H groups in total. The molecule has 2 atom stereocenters. The minimum atomic E-state index is 0. The molecular formula is C20H26N8. The van der Waals surface area contributed by atoms with Crippen molar-refractivity contribution in [2.75, 3.05) is 5.32 Å². The van der Waals surface area contributed by atoms with E-state index in [-0.39, 0.29) is 2.85 Å². The van der Waals surface area contributed by atoms with Crippen LogP contribution in [0.5, 0.6) is 0 Å². The lowest BCUT2D eigenvalue weighted by molar-refractivity contribution is 0.651. The topological polar surface area (TPSA) is 108 Å². The van der Waals surface area contributed by atoms with Crippen LogP contribution in [0.3, 0.4) is 0 Å². The molecule has 0 aromatic carbocycles. The maximum atomic E-state index is 8.87. The first-order chi connectivity index (χ1) is 13.8. The summed E-state index contributed by atoms with van der Waals surface area (Å²) in [7, 11) is 0. The number of aromatic amines is 1. The first kappa shape index (κ1) is 17.9. The Morgan fingerprint density at radius 1 is 1.18 bits per heavy atom. The van der Waals surface area contributed by atoms with Crippen molar-refractivity contribution in [1.29, 1.82) is 5.26 Å². The molecule has 0 aliphatic heterocycles. The van der Waals surface area contributed by atoms with Crippen LogP contribution in [0.4, 0.5) is 5.82 Å². The van der Waals surface area contributed by atoms with E-state index in [0.29, 0.717) is 17.5 Å². The van der Waals surface area contributed by atoms with Gasteiger partial charge in [0.15, 0.2) is 11.3 Å². The number of nitriles is 1. The van der Waals surface area contributed by atoms with Crippen LogP contribution in [-0.4, -0.2) is 35.6 Å². The van der Waals surface area contributed by atoms with Crippen molar-refractivity contribution < 1.29 is 2.85 Å². The summed E-state index contributed by atoms with van der Waals surface area (Å²) in [5, 5.41) is 21.1. The first-order valence-corrected chi connectivity index (χ1v) is 9.61. The number of nitrogens with zero attached hydrogens (tertiary/aromatic N) is 6. The zero-order valence-electron chi connectivity index (χ0n) is 15.9. The molecule has 1 aliphatic carbocycles. The van der Waals surface area contributed by atoms with E-state index in [4.69, 9.17) is 5.26 Å². The fourth-order valence-corrected chi connectivity index (χ4v) is 3.76. The van der Waals surface area contributed by atoms with E-state index < -0.39 is 0 Å². The molecule has 0 amide bonds. The van der Waals surface area contributed by atoms with Crippen molar-refractivity contribution in [3.63, 3.8) is 0 Å². The second kappa shape index (κ2) is 7.64. The van der Waals surface area contributed by atoms with Crippen LogP contribution in [0.1, 0.15) is 53.3 Å². The maximum absolute atomic E-state index is 8.87. The summed E-state index contributed by atoms with van der Waals surface area (Å²) in [5.41, 5.74) is 3.19. The van der Waals surface area contributed by atoms with Crippen molar-refractivity contribution in [3.8, 4) is 6.07 Å². The van der Waals surface area contributed by atoms with Crippen LogP contribution >= 0.6 is 0 Å². The number of fused-ring (bicyclic) bond motifs is 3. The molecule has 0 saturated heterocycles. The molecule has 8 heteroatoms. The summed E-state index contributed by atoms with van der Waals surface area (Å²) in [6.45, 7) is 4.00. The van der Waals surface area contributed by atoms with Crippen molar-refractivity contribution in [3.05, 3.63) is 48.2 Å². The number of pyridine rings is 1. The lowest BCUT2D eigenvalue weighted by atomic mass is 10.1. The van der Waals surface area contributed by atoms with Gasteiger partial charge in [-0.3, -0.25) is 4.40 Å². The standard InChI is InChI=1S/C18H16N8.C2H6.2H2/c19-8-11-1-4-15(21-9-11)23-13-3-2-12(7-13)18-25-24-16-10-22-17-14(26(16)18)5-6-20-17;1-2;;/h1,4-6,9-10,12-13,20H,2-3,7H2,(H,21,23);1-2H3;2*1H/t12?,13-;;;/m0.../s1. The Morgan fingerprint density at radius 2 is 2.07 bits per heavy atom. The van der Waals surface area contributed by atoms with Gasteiger partial charge in [0.05, 0.1) is 17.3 Å². The van der Waals surface area contributed by atoms with E-state index in [1.165, 1.54) is 0 Å². The van der Waals surface area contributed by atoms with Gasteiger partial charge >= 0.3 is 0 Å². The quantitative estimate of drug-likeness (QED) is 0.555. The fourth-order valence-electron chi connectivity index (χ4n) is 3.76. The van der Waals surface area contributed by atoms with Gasteiger partial charge in [0, 0.05) is 27.2 Å². The molecule has 0 bridgehead atoms. The molecule has 1 saturated carbocycles. The summed E-state index contributed by atoms with van der Waals surface area (Å²) >= 11 is 0. The Balaban J connectivity index is 0.000000779. The summed E-state index contributed by atoms with van der Waals surface area (Å²) in [4.78, 5) is 11.8. The average Bonchev–Trinajstić information content (AvgIpc) is 3.48. The summed E-state index contributed by atoms with van der Waals surface area (Å²) in [6, 6.07) is 8.06. The third-order valence-corrected chi connectivity index (χ3v) is 5.01. The molecule has 1 fully saturated rings. The van der Waals surface area contributed by atoms with E-state index in [9.17, 15) is 0 Å². The second-order valence-electron chi connectivity index (χ2n) is 6.62. The van der Waals surface area contributed by atoms with Crippen molar-refractivity contribution in [1.82, 2.24) is 29.5 Å². The molecule has 4 aromatic heterocycles. The summed E-state index contributed by atoms with van der Waals surface area (Å²) in [6.07, 6.45) is 8.29. The van der Waals surface area contributed by atoms with Crippen LogP contribution in [0.25, 0.3) is 16.8 Å². The fraction of sp³-hybridized carbons (Fsp3) is 0.350. The van der Waals surface area contributed by atoms with Gasteiger partial charge in [0.25, 0.3) is 0 Å². The molecule has 0 spiro atoms. The molecule has 0 radical (unpaired) electrons. The SMILES string of the molecule is CC.N#Cc1ccc(N[C@H]2CCC(c3nnc4cnc5[nH]ccc5n34)C2)nc1.[HH].[HH]. The Kier molecular flexibility index (Phi) is 4.89. The van der Waals surface area contributed by atoms with Gasteiger partial charge in [0.1, 0.15) is 17.7 Å². The Bertz CT molecular complexity index is 1130. The number of hydrogen-bond donors (Lipinski definition) is 2. The van der Waals surface area contributed by atoms with Gasteiger partial charge in [-0.25, -0.2) is 9.97 Å². The number of H-pyrrole nitrogens is 1. The lowest BCUT2D eigenvalue weighted by Crippen LogP contribution is -2.16. The van der Waals surface area contributed by atoms with E-state index in [1.807, 2.05) is 32.2 Å². The highest BCUT2D eigenvalue weighted by Crippen LogP contribution is 2.35. The normalized spacial score (nSPS) is 18.6. The zero-order chi connectivity index (χ0) is 19.5. The summed E-state index contributed by atoms with van der Waals surface area (Å²) < 4.78 is 2.10. The second-order valence-corrected chi connectivity index (χ2v) is 6.62. The molecule has 4 heterocycles. The highest BCUT2D eigenvalue weighted by Gasteiger charge is 2.30. The number of hydrogen-bond acceptors (Lipinski definition) is 6. The van der Waals surface area contributed by atoms with Crippen LogP contribution in [0.15, 0.2) is 36.8 Å². The van der Waals surface area contributed by atoms with Gasteiger partial charge in [-0.1, -0.05) is 13.8 Å². The summed E-state index contributed by atoms with van der Waals surface area (Å²) in [5.74, 6) is 2.13. The maximum Gasteiger partial charge on any atom is 0.179 e. The molecule has 5 rings (SSSR count). The number of anilines is 1. The van der Waals surface area contributed by atoms with E-state index >= 15 is 0 Å². The van der Waals surface area contributed by atoms with Crippen molar-refractivity contribution in [2.24, 2.45) is 0 Å². The molecule has 4 aromatic rings. The Labute approximate surface area is 165 Å². The van der Waals surface area contributed by atoms with Gasteiger partial charge in [-0.05, 0) is 37.5 Å². The molecule has 1 unspecified atom stereocenters. The van der Waals surface area contributed by atoms with Crippen LogP contribution < -0.4 is 5.32 Å². The highest BCUT2D eigenvalue weighted by molar-refractivity contribution is 5.74. The predicted octanol–water partition coefficient (Wildman–Crippen LogP) is 4.14. The predicted molar refractivity (Wildman–Crippen MR) is 111 cm³/mol. The first-order valence-electron chi connectivity index (χ1n) is 9.61. The third-order valence-electron chi connectivity index (χ3n) is 5.01. The molecule has 1 aliphatic rings. The minimum Gasteiger partial charge on any atom is -0.367 e. The largest absolute Gasteiger partial charge is 0.367 e. The number of rotatable bonds is 3. The van der Waals surface area contributed by atoms with E-state index in [2.05, 4.69) is 40.9 Å². The zero-order valence-corrected chi connectivity index (χ0v) is 15.9. The molecule has 146 valence electrons. The molecule has 28 heavy (non-hydrogen) atoms. The van der Waals surface area contributed by atoms with Gasteiger partial charge < -0.3 is 10.3 Å². The monoisotopic (exact) mass is 378 g/mol. The van der Waals surface area contributed by atoms with Crippen molar-refractivity contribution in [2.45, 2.75) is 45.1 Å². The lowest BCUT2D eigenvalue weighted by Gasteiger charge is -2.13. The average molecular weight is 378 g/mol. The van der Waals surface area contributed by atoms with Gasteiger partial charge in [-0.2, -0.15) is 5.26 Å². The van der Waals surface area contributed by atoms with E-state index in [1.54, 1.807) is 18.5 Å². The Hall–Kier alpha value is -3.47. The Morgan fingerprint density at radius 3 is 2.86 bits per heavy atom. The molecule has 8 nitrogen and oxygen atoms in total. The molecular weight excluding hydrogens is 352 g/mol. The third kappa shape index (κ3) is 3.16. The van der Waals surface area contributed by atoms with Gasteiger partial charge in [-0.15, -0.1) is 10.2 Å². The van der Waals surface area contributed by atoms with Gasteiger partial charge in [0.2, 0.25) is 0 Å². The number of aromatic nitrogens is 6. The van der Waals surface area contributed by atoms with Crippen LogP contribution in [-0.2, 0) is 0 Å². The minimum absolute atomic E-state index is 0. The van der Waals surface area contributed by atoms with E-state index in [0.717, 1.165) is 47.7 Å².